The number of nitrogens with zero attached hydrogens (tertiary/aromatic N) is 1. The lowest BCUT2D eigenvalue weighted by Crippen LogP contribution is -2.01. The number of hydrogen-bond donors (Lipinski definition) is 4. The maximum Gasteiger partial charge on any atom is 0.227 e. The summed E-state index contributed by atoms with van der Waals surface area (Å²) in [5, 5.41) is 31.2. The Morgan fingerprint density at radius 2 is 1.65 bits per heavy atom. The molecule has 10 nitrogen and oxygen atoms in total. The number of aromatic hydroxyl groups is 3. The summed E-state index contributed by atoms with van der Waals surface area (Å²) >= 11 is 0. The summed E-state index contributed by atoms with van der Waals surface area (Å²) in [6.07, 6.45) is 0. The van der Waals surface area contributed by atoms with E-state index < -0.39 is 11.2 Å². The zero-order valence-corrected chi connectivity index (χ0v) is 18.8. The van der Waals surface area contributed by atoms with E-state index in [9.17, 15) is 20.1 Å². The third kappa shape index (κ3) is 3.85. The number of rotatable bonds is 6. The highest BCUT2D eigenvalue weighted by Crippen LogP contribution is 2.44. The van der Waals surface area contributed by atoms with Gasteiger partial charge in [0.05, 0.1) is 21.3 Å². The highest BCUT2D eigenvalue weighted by Gasteiger charge is 2.25. The van der Waals surface area contributed by atoms with Gasteiger partial charge in [-0.25, -0.2) is 4.98 Å². The summed E-state index contributed by atoms with van der Waals surface area (Å²) in [5.74, 6) is 0.247. The Balaban J connectivity index is 2.04. The molecule has 2 aromatic heterocycles. The number of ether oxygens (including phenoxy) is 3. The molecule has 0 spiro atoms. The fourth-order valence-electron chi connectivity index (χ4n) is 3.56. The van der Waals surface area contributed by atoms with E-state index in [1.54, 1.807) is 19.1 Å². The normalized spacial score (nSPS) is 10.8. The summed E-state index contributed by atoms with van der Waals surface area (Å²) in [6.45, 7) is 1.57. The summed E-state index contributed by atoms with van der Waals surface area (Å²) in [6, 6.07) is 8.67. The average Bonchev–Trinajstić information content (AvgIpc) is 3.25. The molecule has 176 valence electrons. The van der Waals surface area contributed by atoms with Crippen LogP contribution in [0.25, 0.3) is 34.1 Å². The van der Waals surface area contributed by atoms with Crippen LogP contribution in [0.15, 0.2) is 45.6 Å². The molecule has 0 aliphatic heterocycles. The molecule has 2 heterocycles. The van der Waals surface area contributed by atoms with Gasteiger partial charge in [-0.15, -0.1) is 0 Å². The predicted octanol–water partition coefficient (Wildman–Crippen LogP) is 3.81. The van der Waals surface area contributed by atoms with E-state index in [1.807, 2.05) is 0 Å². The minimum absolute atomic E-state index is 0.0806. The van der Waals surface area contributed by atoms with Gasteiger partial charge in [0, 0.05) is 23.8 Å². The number of imidazole rings is 1. The third-order valence-corrected chi connectivity index (χ3v) is 5.18. The average molecular weight is 466 g/mol. The molecule has 0 radical (unpaired) electrons. The second-order valence-electron chi connectivity index (χ2n) is 7.32. The fraction of sp³-hybridized carbons (Fsp3) is 0.167. The third-order valence-electron chi connectivity index (χ3n) is 5.18. The molecular formula is C24H22N2O8. The topological polar surface area (TPSA) is 147 Å². The van der Waals surface area contributed by atoms with E-state index in [0.717, 1.165) is 6.07 Å². The first-order valence-electron chi connectivity index (χ1n) is 10.0. The SMILES string of the molecule is COc1cc(O)c(-c2nc(-c3ccc(O)c(OC)c3)c(-c3oc(C)cc(=O)c3O)[nH]2)c(OC)c1. The first-order chi connectivity index (χ1) is 16.3. The molecular weight excluding hydrogens is 444 g/mol. The minimum Gasteiger partial charge on any atom is -0.507 e. The maximum atomic E-state index is 12.3. The van der Waals surface area contributed by atoms with Crippen molar-refractivity contribution < 1.29 is 33.9 Å². The Morgan fingerprint density at radius 3 is 2.32 bits per heavy atom. The number of aryl methyl sites for hydroxylation is 1. The van der Waals surface area contributed by atoms with Crippen LogP contribution in [-0.4, -0.2) is 46.6 Å². The number of H-pyrrole nitrogens is 1. The van der Waals surface area contributed by atoms with Crippen molar-refractivity contribution in [2.45, 2.75) is 6.92 Å². The number of methoxy groups -OCH3 is 3. The van der Waals surface area contributed by atoms with Crippen molar-refractivity contribution in [1.82, 2.24) is 9.97 Å². The van der Waals surface area contributed by atoms with E-state index in [2.05, 4.69) is 9.97 Å². The monoisotopic (exact) mass is 466 g/mol. The Kier molecular flexibility index (Phi) is 5.80. The van der Waals surface area contributed by atoms with Crippen molar-refractivity contribution in [3.63, 3.8) is 0 Å². The molecule has 0 atom stereocenters. The molecule has 4 N–H and O–H groups in total. The lowest BCUT2D eigenvalue weighted by atomic mass is 10.1. The largest absolute Gasteiger partial charge is 0.507 e. The van der Waals surface area contributed by atoms with Crippen molar-refractivity contribution >= 4 is 0 Å². The summed E-state index contributed by atoms with van der Waals surface area (Å²) in [7, 11) is 4.29. The number of aromatic amines is 1. The molecule has 4 rings (SSSR count). The Hall–Kier alpha value is -4.60. The number of phenols is 2. The minimum atomic E-state index is -0.631. The number of nitrogens with one attached hydrogen (secondary N) is 1. The van der Waals surface area contributed by atoms with Crippen LogP contribution in [0.4, 0.5) is 0 Å². The van der Waals surface area contributed by atoms with E-state index in [1.165, 1.54) is 39.5 Å². The van der Waals surface area contributed by atoms with Gasteiger partial charge in [0.2, 0.25) is 11.2 Å². The number of benzene rings is 2. The van der Waals surface area contributed by atoms with Crippen molar-refractivity contribution in [3.05, 3.63) is 52.4 Å². The molecule has 0 aliphatic rings. The van der Waals surface area contributed by atoms with Crippen LogP contribution in [0.3, 0.4) is 0 Å². The first kappa shape index (κ1) is 22.6. The number of phenolic OH excluding ortho intramolecular Hbond substituents is 2. The predicted molar refractivity (Wildman–Crippen MR) is 123 cm³/mol. The van der Waals surface area contributed by atoms with Gasteiger partial charge in [0.1, 0.15) is 45.8 Å². The molecule has 4 aromatic rings. The Bertz CT molecular complexity index is 1440. The zero-order chi connectivity index (χ0) is 24.6. The van der Waals surface area contributed by atoms with E-state index in [4.69, 9.17) is 18.6 Å². The quantitative estimate of drug-likeness (QED) is 0.333. The molecule has 0 saturated heterocycles. The molecule has 0 aliphatic carbocycles. The summed E-state index contributed by atoms with van der Waals surface area (Å²) in [4.78, 5) is 19.9. The van der Waals surface area contributed by atoms with Gasteiger partial charge < -0.3 is 38.9 Å². The Labute approximate surface area is 193 Å². The second kappa shape index (κ2) is 8.74. The van der Waals surface area contributed by atoms with Crippen molar-refractivity contribution in [2.75, 3.05) is 21.3 Å². The molecule has 0 bridgehead atoms. The molecule has 0 unspecified atom stereocenters. The van der Waals surface area contributed by atoms with Crippen molar-refractivity contribution in [2.24, 2.45) is 0 Å². The molecule has 34 heavy (non-hydrogen) atoms. The lowest BCUT2D eigenvalue weighted by Gasteiger charge is -2.10. The second-order valence-corrected chi connectivity index (χ2v) is 7.32. The Morgan fingerprint density at radius 1 is 0.912 bits per heavy atom. The van der Waals surface area contributed by atoms with Gasteiger partial charge in [-0.05, 0) is 25.1 Å². The molecule has 0 amide bonds. The molecule has 0 fully saturated rings. The van der Waals surface area contributed by atoms with Gasteiger partial charge >= 0.3 is 0 Å². The molecule has 2 aromatic carbocycles. The van der Waals surface area contributed by atoms with Gasteiger partial charge in [0.15, 0.2) is 17.3 Å². The van der Waals surface area contributed by atoms with Crippen molar-refractivity contribution in [1.29, 1.82) is 0 Å². The smallest absolute Gasteiger partial charge is 0.227 e. The van der Waals surface area contributed by atoms with Gasteiger partial charge in [-0.1, -0.05) is 0 Å². The van der Waals surface area contributed by atoms with Crippen LogP contribution < -0.4 is 19.6 Å². The molecule has 0 saturated carbocycles. The van der Waals surface area contributed by atoms with Crippen LogP contribution in [0.1, 0.15) is 5.76 Å². The van der Waals surface area contributed by atoms with E-state index in [-0.39, 0.29) is 57.3 Å². The van der Waals surface area contributed by atoms with Crippen molar-refractivity contribution in [3.8, 4) is 68.6 Å². The zero-order valence-electron chi connectivity index (χ0n) is 18.8. The number of aromatic nitrogens is 2. The van der Waals surface area contributed by atoms with Crippen LogP contribution in [0.5, 0.6) is 34.5 Å². The van der Waals surface area contributed by atoms with Crippen LogP contribution in [-0.2, 0) is 0 Å². The first-order valence-corrected chi connectivity index (χ1v) is 10.0. The number of hydrogen-bond acceptors (Lipinski definition) is 9. The van der Waals surface area contributed by atoms with Crippen LogP contribution in [0, 0.1) is 6.92 Å². The summed E-state index contributed by atoms with van der Waals surface area (Å²) in [5.41, 5.74) is 0.487. The van der Waals surface area contributed by atoms with Crippen LogP contribution >= 0.6 is 0 Å². The van der Waals surface area contributed by atoms with E-state index in [0.29, 0.717) is 11.3 Å². The maximum absolute atomic E-state index is 12.3. The fourth-order valence-corrected chi connectivity index (χ4v) is 3.56. The van der Waals surface area contributed by atoms with Crippen LogP contribution in [0.2, 0.25) is 0 Å². The van der Waals surface area contributed by atoms with Gasteiger partial charge in [0.25, 0.3) is 0 Å². The molecule has 10 heteroatoms. The highest BCUT2D eigenvalue weighted by molar-refractivity contribution is 5.84. The highest BCUT2D eigenvalue weighted by atomic mass is 16.5. The lowest BCUT2D eigenvalue weighted by molar-refractivity contribution is 0.373. The van der Waals surface area contributed by atoms with E-state index >= 15 is 0 Å². The van der Waals surface area contributed by atoms with Gasteiger partial charge in [-0.3, -0.25) is 4.79 Å². The standard InChI is InChI=1S/C24H22N2O8/c1-11-7-16(29)22(30)23(34-11)21-20(12-5-6-14(27)17(8-12)32-3)25-24(26-21)19-15(28)9-13(31-2)10-18(19)33-4/h5-10,27-28,30H,1-4H3,(H,25,26). The van der Waals surface area contributed by atoms with Gasteiger partial charge in [-0.2, -0.15) is 0 Å². The summed E-state index contributed by atoms with van der Waals surface area (Å²) < 4.78 is 21.5.